The summed E-state index contributed by atoms with van der Waals surface area (Å²) in [6.45, 7) is 0. The molecule has 5 N–H and O–H groups in total. The van der Waals surface area contributed by atoms with E-state index in [1.807, 2.05) is 0 Å². The first-order chi connectivity index (χ1) is 4.04. The number of rotatable bonds is 1. The summed E-state index contributed by atoms with van der Waals surface area (Å²) in [7, 11) is 0. The fraction of sp³-hybridized carbons (Fsp3) is 0.500. The number of hydrogen-bond acceptors (Lipinski definition) is 5. The predicted molar refractivity (Wildman–Crippen MR) is 28.3 cm³/mol. The van der Waals surface area contributed by atoms with Crippen LogP contribution in [-0.2, 0) is 0 Å². The fourth-order valence-corrected chi connectivity index (χ4v) is 0.168. The zero-order valence-electron chi connectivity index (χ0n) is 4.57. The average molecular weight is 126 g/mol. The van der Waals surface area contributed by atoms with E-state index in [4.69, 9.17) is 27.1 Å². The zero-order chi connectivity index (χ0) is 7.49. The lowest BCUT2D eigenvalue weighted by molar-refractivity contribution is 0.0950. The van der Waals surface area contributed by atoms with Crippen LogP contribution in [0.4, 0.5) is 0 Å². The molecule has 0 aromatic carbocycles. The minimum absolute atomic E-state index is 1.28. The van der Waals surface area contributed by atoms with Gasteiger partial charge < -0.3 is 10.8 Å². The number of nitrogens with zero attached hydrogens (tertiary/aromatic N) is 2. The van der Waals surface area contributed by atoms with Crippen molar-refractivity contribution >= 4 is 0 Å². The Balaban J connectivity index is 4.23. The first-order valence-corrected chi connectivity index (χ1v) is 2.12. The van der Waals surface area contributed by atoms with Gasteiger partial charge in [-0.3, -0.25) is 5.73 Å². The Labute approximate surface area is 52.1 Å². The Kier molecular flexibility index (Phi) is 2.12. The highest BCUT2D eigenvalue weighted by molar-refractivity contribution is 5.11. The van der Waals surface area contributed by atoms with Crippen LogP contribution in [0.15, 0.2) is 0 Å². The van der Waals surface area contributed by atoms with E-state index < -0.39 is 11.8 Å². The molecule has 0 radical (unpaired) electrons. The van der Waals surface area contributed by atoms with Crippen LogP contribution in [-0.4, -0.2) is 16.9 Å². The topological polar surface area (TPSA) is 120 Å². The van der Waals surface area contributed by atoms with E-state index >= 15 is 0 Å². The van der Waals surface area contributed by atoms with Crippen molar-refractivity contribution in [1.29, 1.82) is 10.5 Å². The number of hydrogen-bond donors (Lipinski definition) is 3. The maximum Gasteiger partial charge on any atom is 0.232 e. The Bertz CT molecular complexity index is 174. The second-order valence-corrected chi connectivity index (χ2v) is 1.54. The summed E-state index contributed by atoms with van der Waals surface area (Å²) >= 11 is 0. The van der Waals surface area contributed by atoms with Gasteiger partial charge in [0.2, 0.25) is 5.72 Å². The van der Waals surface area contributed by atoms with Gasteiger partial charge in [-0.2, -0.15) is 10.5 Å². The Morgan fingerprint density at radius 2 is 2.00 bits per heavy atom. The van der Waals surface area contributed by atoms with Crippen LogP contribution in [0.2, 0.25) is 0 Å². The third kappa shape index (κ3) is 1.67. The van der Waals surface area contributed by atoms with E-state index in [1.165, 1.54) is 12.1 Å². The smallest absolute Gasteiger partial charge is 0.232 e. The van der Waals surface area contributed by atoms with Crippen molar-refractivity contribution in [2.24, 2.45) is 11.5 Å². The van der Waals surface area contributed by atoms with Crippen LogP contribution in [0, 0.1) is 22.7 Å². The first-order valence-electron chi connectivity index (χ1n) is 2.12. The first kappa shape index (κ1) is 7.86. The quantitative estimate of drug-likeness (QED) is 0.277. The van der Waals surface area contributed by atoms with Gasteiger partial charge in [0, 0.05) is 0 Å². The maximum absolute atomic E-state index is 8.66. The number of nitrogens with two attached hydrogens (primary N) is 2. The molecule has 0 bridgehead atoms. The highest BCUT2D eigenvalue weighted by Gasteiger charge is 2.29. The van der Waals surface area contributed by atoms with E-state index in [9.17, 15) is 0 Å². The van der Waals surface area contributed by atoms with E-state index in [-0.39, 0.29) is 0 Å². The lowest BCUT2D eigenvalue weighted by Gasteiger charge is -2.14. The van der Waals surface area contributed by atoms with E-state index in [1.54, 1.807) is 0 Å². The molecule has 0 aliphatic heterocycles. The van der Waals surface area contributed by atoms with E-state index in [0.717, 1.165) is 0 Å². The van der Waals surface area contributed by atoms with Crippen LogP contribution < -0.4 is 11.5 Å². The fourth-order valence-electron chi connectivity index (χ4n) is 0.168. The summed E-state index contributed by atoms with van der Waals surface area (Å²) in [5, 5.41) is 24.7. The molecule has 0 saturated heterocycles. The van der Waals surface area contributed by atoms with Crippen molar-refractivity contribution in [1.82, 2.24) is 0 Å². The van der Waals surface area contributed by atoms with E-state index in [2.05, 4.69) is 0 Å². The Morgan fingerprint density at radius 3 is 2.11 bits per heavy atom. The molecule has 0 spiro atoms. The number of nitriles is 2. The van der Waals surface area contributed by atoms with E-state index in [0.29, 0.717) is 0 Å². The molecular weight excluding hydrogens is 120 g/mol. The molecule has 2 unspecified atom stereocenters. The van der Waals surface area contributed by atoms with Gasteiger partial charge in [-0.05, 0) is 0 Å². The minimum atomic E-state index is -2.23. The summed E-state index contributed by atoms with van der Waals surface area (Å²) in [4.78, 5) is 0. The largest absolute Gasteiger partial charge is 0.362 e. The van der Waals surface area contributed by atoms with Crippen molar-refractivity contribution in [3.63, 3.8) is 0 Å². The average Bonchev–Trinajstić information content (AvgIpc) is 1.86. The highest BCUT2D eigenvalue weighted by atomic mass is 16.3. The standard InChI is InChI=1S/C4H6N4O/c5-1-3(7)4(8,9)2-6/h3,9H,7-8H2. The van der Waals surface area contributed by atoms with Crippen LogP contribution in [0.5, 0.6) is 0 Å². The lowest BCUT2D eigenvalue weighted by Crippen LogP contribution is -2.53. The molecule has 0 rings (SSSR count). The molecule has 2 atom stereocenters. The molecule has 0 amide bonds. The molecule has 5 heteroatoms. The molecule has 5 nitrogen and oxygen atoms in total. The monoisotopic (exact) mass is 126 g/mol. The second kappa shape index (κ2) is 2.42. The summed E-state index contributed by atoms with van der Waals surface area (Å²) < 4.78 is 0. The Hall–Kier alpha value is -1.14. The molecule has 0 fully saturated rings. The van der Waals surface area contributed by atoms with Gasteiger partial charge in [-0.25, -0.2) is 0 Å². The van der Waals surface area contributed by atoms with Crippen LogP contribution in [0.1, 0.15) is 0 Å². The summed E-state index contributed by atoms with van der Waals surface area (Å²) in [6, 6.07) is 1.36. The van der Waals surface area contributed by atoms with Gasteiger partial charge in [-0.1, -0.05) is 0 Å². The molecule has 0 aliphatic carbocycles. The normalized spacial score (nSPS) is 18.8. The predicted octanol–water partition coefficient (Wildman–Crippen LogP) is -1.99. The van der Waals surface area contributed by atoms with Gasteiger partial charge in [0.05, 0.1) is 6.07 Å². The van der Waals surface area contributed by atoms with Gasteiger partial charge in [-0.15, -0.1) is 0 Å². The number of aliphatic hydroxyl groups is 1. The molecule has 0 saturated carbocycles. The third-order valence-electron chi connectivity index (χ3n) is 0.792. The van der Waals surface area contributed by atoms with Crippen molar-refractivity contribution in [3.05, 3.63) is 0 Å². The lowest BCUT2D eigenvalue weighted by atomic mass is 10.1. The molecule has 0 aliphatic rings. The molecular formula is C4H6N4O. The SMILES string of the molecule is N#CC(N)C(N)(O)C#N. The minimum Gasteiger partial charge on any atom is -0.362 e. The summed E-state index contributed by atoms with van der Waals surface area (Å²) in [5.41, 5.74) is 7.49. The van der Waals surface area contributed by atoms with Crippen molar-refractivity contribution < 1.29 is 5.11 Å². The summed E-state index contributed by atoms with van der Waals surface area (Å²) in [5.74, 6) is 0. The van der Waals surface area contributed by atoms with Crippen molar-refractivity contribution in [3.8, 4) is 12.1 Å². The van der Waals surface area contributed by atoms with Gasteiger partial charge in [0.15, 0.2) is 0 Å². The molecule has 9 heavy (non-hydrogen) atoms. The van der Waals surface area contributed by atoms with Crippen LogP contribution in [0.3, 0.4) is 0 Å². The van der Waals surface area contributed by atoms with Gasteiger partial charge >= 0.3 is 0 Å². The second-order valence-electron chi connectivity index (χ2n) is 1.54. The van der Waals surface area contributed by atoms with Gasteiger partial charge in [0.1, 0.15) is 12.1 Å². The van der Waals surface area contributed by atoms with Gasteiger partial charge in [0.25, 0.3) is 0 Å². The Morgan fingerprint density at radius 1 is 1.56 bits per heavy atom. The van der Waals surface area contributed by atoms with Crippen molar-refractivity contribution in [2.45, 2.75) is 11.8 Å². The maximum atomic E-state index is 8.66. The van der Waals surface area contributed by atoms with Crippen LogP contribution in [0.25, 0.3) is 0 Å². The molecule has 48 valence electrons. The molecule has 0 aromatic rings. The van der Waals surface area contributed by atoms with Crippen molar-refractivity contribution in [2.75, 3.05) is 0 Å². The summed E-state index contributed by atoms with van der Waals surface area (Å²) in [6.07, 6.45) is 0. The third-order valence-corrected chi connectivity index (χ3v) is 0.792. The highest BCUT2D eigenvalue weighted by Crippen LogP contribution is 1.95. The van der Waals surface area contributed by atoms with Crippen LogP contribution >= 0.6 is 0 Å². The molecule has 0 heterocycles. The molecule has 0 aromatic heterocycles. The zero-order valence-corrected chi connectivity index (χ0v) is 4.57.